The van der Waals surface area contributed by atoms with Gasteiger partial charge >= 0.3 is 0 Å². The monoisotopic (exact) mass is 330 g/mol. The van der Waals surface area contributed by atoms with Crippen molar-refractivity contribution in [2.45, 2.75) is 18.9 Å². The Kier molecular flexibility index (Phi) is 5.91. The highest BCUT2D eigenvalue weighted by Gasteiger charge is 2.26. The number of rotatable bonds is 6. The Hall–Kier alpha value is -1.02. The number of nitrogens with one attached hydrogen (secondary N) is 1. The van der Waals surface area contributed by atoms with Crippen LogP contribution in [-0.4, -0.2) is 50.9 Å². The number of likely N-dealkylation sites (tertiary alicyclic amines) is 1. The van der Waals surface area contributed by atoms with Crippen molar-refractivity contribution in [3.05, 3.63) is 35.6 Å². The summed E-state index contributed by atoms with van der Waals surface area (Å²) in [5.41, 5.74) is 0.749. The van der Waals surface area contributed by atoms with Crippen LogP contribution in [0.5, 0.6) is 0 Å². The van der Waals surface area contributed by atoms with E-state index in [4.69, 9.17) is 0 Å². The van der Waals surface area contributed by atoms with Gasteiger partial charge in [-0.05, 0) is 49.5 Å². The van der Waals surface area contributed by atoms with Crippen LogP contribution in [0.2, 0.25) is 0 Å². The van der Waals surface area contributed by atoms with E-state index >= 15 is 0 Å². The van der Waals surface area contributed by atoms with E-state index in [1.807, 2.05) is 0 Å². The minimum atomic E-state index is -3.14. The molecule has 2 rings (SSSR count). The largest absolute Gasteiger partial charge is 0.388 e. The zero-order valence-corrected chi connectivity index (χ0v) is 13.5. The van der Waals surface area contributed by atoms with Gasteiger partial charge in [0.2, 0.25) is 10.0 Å². The summed E-state index contributed by atoms with van der Waals surface area (Å²) in [5, 5.41) is 10.4. The number of hydrogen-bond acceptors (Lipinski definition) is 4. The van der Waals surface area contributed by atoms with Gasteiger partial charge in [0.1, 0.15) is 5.82 Å². The van der Waals surface area contributed by atoms with Crippen molar-refractivity contribution >= 4 is 10.0 Å². The topological polar surface area (TPSA) is 69.6 Å². The van der Waals surface area contributed by atoms with E-state index < -0.39 is 16.1 Å². The number of piperidine rings is 1. The van der Waals surface area contributed by atoms with Gasteiger partial charge in [-0.2, -0.15) is 0 Å². The summed E-state index contributed by atoms with van der Waals surface area (Å²) in [4.78, 5) is 2.19. The molecule has 7 heteroatoms. The molecule has 1 fully saturated rings. The van der Waals surface area contributed by atoms with Gasteiger partial charge in [0.15, 0.2) is 0 Å². The van der Waals surface area contributed by atoms with Gasteiger partial charge in [-0.1, -0.05) is 12.1 Å². The Morgan fingerprint density at radius 3 is 2.45 bits per heavy atom. The van der Waals surface area contributed by atoms with E-state index in [2.05, 4.69) is 9.62 Å². The van der Waals surface area contributed by atoms with E-state index in [1.165, 1.54) is 12.1 Å². The molecule has 124 valence electrons. The molecule has 0 radical (unpaired) electrons. The number of benzene rings is 1. The molecule has 0 aromatic heterocycles. The Morgan fingerprint density at radius 2 is 1.91 bits per heavy atom. The van der Waals surface area contributed by atoms with Gasteiger partial charge in [-0.15, -0.1) is 0 Å². The summed E-state index contributed by atoms with van der Waals surface area (Å²) < 4.78 is 37.4. The second-order valence-electron chi connectivity index (χ2n) is 5.84. The molecule has 1 saturated heterocycles. The minimum absolute atomic E-state index is 0.157. The van der Waals surface area contributed by atoms with Crippen LogP contribution in [0.4, 0.5) is 4.39 Å². The standard InChI is InChI=1S/C15H23FN2O3S/c1-22(20,21)17-8-11-18-9-6-13(7-10-18)15(19)12-2-4-14(16)5-3-12/h2-5,13,15,17,19H,6-11H2,1H3. The van der Waals surface area contributed by atoms with Crippen LogP contribution >= 0.6 is 0 Å². The van der Waals surface area contributed by atoms with E-state index in [0.717, 1.165) is 37.8 Å². The van der Waals surface area contributed by atoms with Gasteiger partial charge in [0.25, 0.3) is 0 Å². The van der Waals surface area contributed by atoms with Crippen molar-refractivity contribution in [3.63, 3.8) is 0 Å². The van der Waals surface area contributed by atoms with Gasteiger partial charge in [-0.3, -0.25) is 0 Å². The lowest BCUT2D eigenvalue weighted by atomic mass is 9.87. The molecule has 0 aliphatic carbocycles. The SMILES string of the molecule is CS(=O)(=O)NCCN1CCC(C(O)c2ccc(F)cc2)CC1. The third kappa shape index (κ3) is 5.31. The van der Waals surface area contributed by atoms with Crippen molar-refractivity contribution < 1.29 is 17.9 Å². The summed E-state index contributed by atoms with van der Waals surface area (Å²) in [7, 11) is -3.14. The molecule has 1 aliphatic heterocycles. The summed E-state index contributed by atoms with van der Waals surface area (Å²) in [6.45, 7) is 2.74. The third-order valence-electron chi connectivity index (χ3n) is 4.08. The molecule has 1 aromatic carbocycles. The van der Waals surface area contributed by atoms with Crippen molar-refractivity contribution in [2.24, 2.45) is 5.92 Å². The first kappa shape index (κ1) is 17.3. The number of nitrogens with zero attached hydrogens (tertiary/aromatic N) is 1. The quantitative estimate of drug-likeness (QED) is 0.820. The van der Waals surface area contributed by atoms with Gasteiger partial charge in [0.05, 0.1) is 12.4 Å². The maximum atomic E-state index is 12.9. The van der Waals surface area contributed by atoms with Crippen molar-refractivity contribution in [1.29, 1.82) is 0 Å². The number of hydrogen-bond donors (Lipinski definition) is 2. The molecule has 1 unspecified atom stereocenters. The first-order chi connectivity index (χ1) is 10.3. The van der Waals surface area contributed by atoms with Crippen LogP contribution in [0.15, 0.2) is 24.3 Å². The first-order valence-electron chi connectivity index (χ1n) is 7.45. The van der Waals surface area contributed by atoms with Crippen LogP contribution in [0.1, 0.15) is 24.5 Å². The Bertz CT molecular complexity index is 569. The van der Waals surface area contributed by atoms with Crippen LogP contribution < -0.4 is 4.72 Å². The summed E-state index contributed by atoms with van der Waals surface area (Å²) in [5.74, 6) is -0.145. The highest BCUT2D eigenvalue weighted by Crippen LogP contribution is 2.30. The van der Waals surface area contributed by atoms with Crippen molar-refractivity contribution in [2.75, 3.05) is 32.4 Å². The van der Waals surface area contributed by atoms with Crippen LogP contribution in [0.25, 0.3) is 0 Å². The fourth-order valence-corrected chi connectivity index (χ4v) is 3.28. The Balaban J connectivity index is 1.78. The average molecular weight is 330 g/mol. The number of sulfonamides is 1. The maximum Gasteiger partial charge on any atom is 0.208 e. The third-order valence-corrected chi connectivity index (χ3v) is 4.81. The highest BCUT2D eigenvalue weighted by atomic mass is 32.2. The lowest BCUT2D eigenvalue weighted by Crippen LogP contribution is -2.40. The van der Waals surface area contributed by atoms with Crippen LogP contribution in [0.3, 0.4) is 0 Å². The number of aliphatic hydroxyl groups is 1. The average Bonchev–Trinajstić information content (AvgIpc) is 2.47. The van der Waals surface area contributed by atoms with Gasteiger partial charge in [0, 0.05) is 13.1 Å². The number of aliphatic hydroxyl groups excluding tert-OH is 1. The van der Waals surface area contributed by atoms with Crippen LogP contribution in [-0.2, 0) is 10.0 Å². The van der Waals surface area contributed by atoms with Crippen molar-refractivity contribution in [1.82, 2.24) is 9.62 Å². The molecule has 1 heterocycles. The van der Waals surface area contributed by atoms with Gasteiger partial charge in [-0.25, -0.2) is 17.5 Å². The predicted octanol–water partition coefficient (Wildman–Crippen LogP) is 1.12. The zero-order valence-electron chi connectivity index (χ0n) is 12.7. The Labute approximate surface area is 131 Å². The highest BCUT2D eigenvalue weighted by molar-refractivity contribution is 7.88. The van der Waals surface area contributed by atoms with Crippen LogP contribution in [0, 0.1) is 11.7 Å². The Morgan fingerprint density at radius 1 is 1.32 bits per heavy atom. The second-order valence-corrected chi connectivity index (χ2v) is 7.67. The molecule has 1 atom stereocenters. The van der Waals surface area contributed by atoms with E-state index in [0.29, 0.717) is 13.1 Å². The van der Waals surface area contributed by atoms with E-state index in [1.54, 1.807) is 12.1 Å². The molecule has 0 saturated carbocycles. The fourth-order valence-electron chi connectivity index (χ4n) is 2.81. The normalized spacial score (nSPS) is 19.2. The lowest BCUT2D eigenvalue weighted by molar-refractivity contribution is 0.0595. The molecule has 0 bridgehead atoms. The molecular weight excluding hydrogens is 307 g/mol. The maximum absolute atomic E-state index is 12.9. The van der Waals surface area contributed by atoms with Crippen molar-refractivity contribution in [3.8, 4) is 0 Å². The molecule has 1 aromatic rings. The zero-order chi connectivity index (χ0) is 16.2. The predicted molar refractivity (Wildman–Crippen MR) is 83.4 cm³/mol. The summed E-state index contributed by atoms with van der Waals surface area (Å²) in [6, 6.07) is 5.99. The molecule has 0 spiro atoms. The molecule has 22 heavy (non-hydrogen) atoms. The molecule has 0 amide bonds. The second kappa shape index (κ2) is 7.50. The summed E-state index contributed by atoms with van der Waals surface area (Å²) >= 11 is 0. The van der Waals surface area contributed by atoms with E-state index in [9.17, 15) is 17.9 Å². The fraction of sp³-hybridized carbons (Fsp3) is 0.600. The molecular formula is C15H23FN2O3S. The molecule has 1 aliphatic rings. The first-order valence-corrected chi connectivity index (χ1v) is 9.35. The van der Waals surface area contributed by atoms with Gasteiger partial charge < -0.3 is 10.0 Å². The molecule has 2 N–H and O–H groups in total. The number of halogens is 1. The smallest absolute Gasteiger partial charge is 0.208 e. The van der Waals surface area contributed by atoms with E-state index in [-0.39, 0.29) is 11.7 Å². The lowest BCUT2D eigenvalue weighted by Gasteiger charge is -2.34. The molecule has 5 nitrogen and oxygen atoms in total. The minimum Gasteiger partial charge on any atom is -0.388 e. The summed E-state index contributed by atoms with van der Waals surface area (Å²) in [6.07, 6.45) is 2.27.